The van der Waals surface area contributed by atoms with Crippen LogP contribution in [-0.2, 0) is 4.79 Å². The summed E-state index contributed by atoms with van der Waals surface area (Å²) >= 11 is 0. The highest BCUT2D eigenvalue weighted by Crippen LogP contribution is 2.37. The molecule has 0 bridgehead atoms. The molecular formula is C28H27FN6O3. The standard InChI is InChI=1S/C28H27FN6O3/c29-21-7-9-28(10-8-21,26(37)34-27(15-30)11-12-27)33-25(36)24-14-20-2-1-19(13-23(20)38-24)18-3-5-22(6-4-18)35-17-31-16-32-35/h1-6,13-14,17,21,32H,7-12,16H2,(H,33,36)(H,34,37). The molecule has 2 aliphatic carbocycles. The van der Waals surface area contributed by atoms with E-state index < -0.39 is 29.1 Å². The zero-order valence-electron chi connectivity index (χ0n) is 20.7. The highest BCUT2D eigenvalue weighted by molar-refractivity contribution is 6.01. The van der Waals surface area contributed by atoms with Gasteiger partial charge in [-0.25, -0.2) is 9.82 Å². The van der Waals surface area contributed by atoms with Gasteiger partial charge < -0.3 is 15.1 Å². The molecule has 2 amide bonds. The van der Waals surface area contributed by atoms with Gasteiger partial charge in [0.15, 0.2) is 5.76 Å². The third-order valence-electron chi connectivity index (χ3n) is 7.63. The van der Waals surface area contributed by atoms with E-state index in [0.717, 1.165) is 22.2 Å². The number of hydrogen-bond acceptors (Lipinski definition) is 7. The maximum Gasteiger partial charge on any atom is 0.287 e. The number of nitrogens with one attached hydrogen (secondary N) is 3. The summed E-state index contributed by atoms with van der Waals surface area (Å²) in [6.07, 6.45) is 2.51. The van der Waals surface area contributed by atoms with Crippen LogP contribution in [0.15, 0.2) is 57.9 Å². The van der Waals surface area contributed by atoms with Crippen LogP contribution in [0.4, 0.5) is 10.1 Å². The third kappa shape index (κ3) is 4.50. The van der Waals surface area contributed by atoms with Crippen molar-refractivity contribution >= 4 is 34.8 Å². The molecule has 2 saturated carbocycles. The Bertz CT molecular complexity index is 1460. The molecule has 2 fully saturated rings. The maximum absolute atomic E-state index is 14.0. The Kier molecular flexibility index (Phi) is 5.88. The number of nitrogens with zero attached hydrogens (tertiary/aromatic N) is 3. The van der Waals surface area contributed by atoms with Gasteiger partial charge in [0.1, 0.15) is 35.8 Å². The molecule has 2 aromatic carbocycles. The number of carbonyl (C=O) groups excluding carboxylic acids is 2. The minimum atomic E-state index is -1.28. The zero-order valence-corrected chi connectivity index (χ0v) is 20.7. The average molecular weight is 515 g/mol. The number of carbonyl (C=O) groups is 2. The van der Waals surface area contributed by atoms with Crippen molar-refractivity contribution in [2.75, 3.05) is 11.7 Å². The fraction of sp³-hybridized carbons (Fsp3) is 0.357. The number of alkyl halides is 1. The number of hydrazine groups is 1. The van der Waals surface area contributed by atoms with Gasteiger partial charge in [0.2, 0.25) is 5.91 Å². The van der Waals surface area contributed by atoms with Crippen LogP contribution in [0.25, 0.3) is 22.1 Å². The van der Waals surface area contributed by atoms with Crippen molar-refractivity contribution < 1.29 is 18.4 Å². The first kappa shape index (κ1) is 24.1. The van der Waals surface area contributed by atoms with Gasteiger partial charge in [-0.1, -0.05) is 24.3 Å². The van der Waals surface area contributed by atoms with E-state index in [2.05, 4.69) is 27.1 Å². The van der Waals surface area contributed by atoms with Gasteiger partial charge in [-0.2, -0.15) is 5.26 Å². The summed E-state index contributed by atoms with van der Waals surface area (Å²) < 4.78 is 19.9. The number of furan rings is 1. The summed E-state index contributed by atoms with van der Waals surface area (Å²) in [5.41, 5.74) is 4.38. The second-order valence-electron chi connectivity index (χ2n) is 10.3. The first-order valence-corrected chi connectivity index (χ1v) is 12.8. The minimum Gasteiger partial charge on any atom is -0.451 e. The van der Waals surface area contributed by atoms with Crippen LogP contribution in [0.5, 0.6) is 0 Å². The Morgan fingerprint density at radius 3 is 2.45 bits per heavy atom. The molecule has 6 rings (SSSR count). The van der Waals surface area contributed by atoms with E-state index in [9.17, 15) is 19.2 Å². The Hall–Kier alpha value is -4.23. The molecule has 0 spiro atoms. The van der Waals surface area contributed by atoms with Crippen LogP contribution in [-0.4, -0.2) is 42.1 Å². The quantitative estimate of drug-likeness (QED) is 0.458. The zero-order chi connectivity index (χ0) is 26.3. The van der Waals surface area contributed by atoms with Crippen LogP contribution in [0.3, 0.4) is 0 Å². The van der Waals surface area contributed by atoms with E-state index in [0.29, 0.717) is 25.1 Å². The van der Waals surface area contributed by atoms with Crippen LogP contribution >= 0.6 is 0 Å². The molecule has 3 aliphatic rings. The van der Waals surface area contributed by atoms with Gasteiger partial charge in [0.05, 0.1) is 11.8 Å². The summed E-state index contributed by atoms with van der Waals surface area (Å²) in [7, 11) is 0. The Morgan fingerprint density at radius 2 is 1.79 bits per heavy atom. The normalized spacial score (nSPS) is 23.7. The lowest BCUT2D eigenvalue weighted by molar-refractivity contribution is -0.129. The van der Waals surface area contributed by atoms with Gasteiger partial charge in [-0.05, 0) is 73.9 Å². The lowest BCUT2D eigenvalue weighted by Crippen LogP contribution is -2.62. The molecule has 9 nitrogen and oxygen atoms in total. The highest BCUT2D eigenvalue weighted by Gasteiger charge is 2.51. The minimum absolute atomic E-state index is 0.0721. The molecule has 0 unspecified atom stereocenters. The first-order chi connectivity index (χ1) is 18.4. The monoisotopic (exact) mass is 514 g/mol. The molecule has 0 atom stereocenters. The van der Waals surface area contributed by atoms with Crippen LogP contribution in [0.1, 0.15) is 49.1 Å². The van der Waals surface area contributed by atoms with E-state index in [1.165, 1.54) is 0 Å². The third-order valence-corrected chi connectivity index (χ3v) is 7.63. The molecule has 1 aliphatic heterocycles. The van der Waals surface area contributed by atoms with Crippen molar-refractivity contribution in [1.29, 1.82) is 5.26 Å². The molecular weight excluding hydrogens is 487 g/mol. The SMILES string of the molecule is N#CC1(NC(=O)C2(NC(=O)c3cc4ccc(-c5ccc(N6C=NCN6)cc5)cc4o3)CCC(F)CC2)CC1. The Morgan fingerprint density at radius 1 is 1.05 bits per heavy atom. The topological polar surface area (TPSA) is 123 Å². The van der Waals surface area contributed by atoms with Gasteiger partial charge in [0, 0.05) is 5.39 Å². The number of benzene rings is 2. The van der Waals surface area contributed by atoms with Crippen LogP contribution in [0.2, 0.25) is 0 Å². The second-order valence-corrected chi connectivity index (χ2v) is 10.3. The van der Waals surface area contributed by atoms with Crippen LogP contribution in [0, 0.1) is 11.3 Å². The predicted octanol–water partition coefficient (Wildman–Crippen LogP) is 3.96. The maximum atomic E-state index is 14.0. The molecule has 10 heteroatoms. The van der Waals surface area contributed by atoms with Crippen molar-refractivity contribution in [3.8, 4) is 17.2 Å². The van der Waals surface area contributed by atoms with Gasteiger partial charge in [-0.15, -0.1) is 0 Å². The highest BCUT2D eigenvalue weighted by atomic mass is 19.1. The summed E-state index contributed by atoms with van der Waals surface area (Å²) in [5.74, 6) is -0.905. The van der Waals surface area contributed by atoms with Gasteiger partial charge in [0.25, 0.3) is 5.91 Å². The fourth-order valence-corrected chi connectivity index (χ4v) is 5.07. The molecule has 194 valence electrons. The van der Waals surface area contributed by atoms with E-state index in [1.807, 2.05) is 47.5 Å². The number of amides is 2. The number of anilines is 1. The first-order valence-electron chi connectivity index (χ1n) is 12.8. The van der Waals surface area contributed by atoms with Crippen LogP contribution < -0.4 is 21.1 Å². The molecule has 0 saturated heterocycles. The predicted molar refractivity (Wildman–Crippen MR) is 140 cm³/mol. The number of rotatable bonds is 6. The van der Waals surface area contributed by atoms with E-state index >= 15 is 0 Å². The Balaban J connectivity index is 1.22. The number of halogens is 1. The molecule has 2 heterocycles. The Labute approximate surface area is 218 Å². The van der Waals surface area contributed by atoms with Crippen molar-refractivity contribution in [2.45, 2.75) is 55.8 Å². The van der Waals surface area contributed by atoms with Crippen molar-refractivity contribution in [2.24, 2.45) is 4.99 Å². The summed E-state index contributed by atoms with van der Waals surface area (Å²) in [5, 5.41) is 17.6. The number of fused-ring (bicyclic) bond motifs is 1. The average Bonchev–Trinajstić information content (AvgIpc) is 3.30. The summed E-state index contributed by atoms with van der Waals surface area (Å²) in [6.45, 7) is 0.551. The molecule has 3 aromatic rings. The van der Waals surface area contributed by atoms with Gasteiger partial charge >= 0.3 is 0 Å². The smallest absolute Gasteiger partial charge is 0.287 e. The van der Waals surface area contributed by atoms with Crippen molar-refractivity contribution in [3.63, 3.8) is 0 Å². The lowest BCUT2D eigenvalue weighted by atomic mass is 9.79. The summed E-state index contributed by atoms with van der Waals surface area (Å²) in [4.78, 5) is 30.7. The molecule has 0 radical (unpaired) electrons. The van der Waals surface area contributed by atoms with Gasteiger partial charge in [-0.3, -0.25) is 19.6 Å². The molecule has 3 N–H and O–H groups in total. The van der Waals surface area contributed by atoms with E-state index in [-0.39, 0.29) is 31.4 Å². The number of aliphatic imine (C=N–C) groups is 1. The van der Waals surface area contributed by atoms with Crippen molar-refractivity contribution in [1.82, 2.24) is 16.1 Å². The van der Waals surface area contributed by atoms with E-state index in [4.69, 9.17) is 4.42 Å². The molecule has 38 heavy (non-hydrogen) atoms. The largest absolute Gasteiger partial charge is 0.451 e. The number of hydrogen-bond donors (Lipinski definition) is 3. The fourth-order valence-electron chi connectivity index (χ4n) is 5.07. The van der Waals surface area contributed by atoms with E-state index in [1.54, 1.807) is 12.4 Å². The van der Waals surface area contributed by atoms with Crippen molar-refractivity contribution in [3.05, 3.63) is 54.3 Å². The lowest BCUT2D eigenvalue weighted by Gasteiger charge is -2.38. The summed E-state index contributed by atoms with van der Waals surface area (Å²) in [6, 6.07) is 17.5. The second kappa shape index (κ2) is 9.26. The number of nitriles is 1. The molecule has 1 aromatic heterocycles.